The second-order valence-corrected chi connectivity index (χ2v) is 7.92. The van der Waals surface area contributed by atoms with E-state index in [2.05, 4.69) is 41.5 Å². The first-order valence-electron chi connectivity index (χ1n) is 10.2. The molecule has 0 radical (unpaired) electrons. The van der Waals surface area contributed by atoms with E-state index in [1.165, 1.54) is 0 Å². The van der Waals surface area contributed by atoms with Crippen molar-refractivity contribution in [2.24, 2.45) is 7.05 Å². The molecule has 0 spiro atoms. The molecule has 1 saturated heterocycles. The summed E-state index contributed by atoms with van der Waals surface area (Å²) in [4.78, 5) is 15.5. The van der Waals surface area contributed by atoms with Crippen LogP contribution in [-0.2, 0) is 20.0 Å². The van der Waals surface area contributed by atoms with Crippen LogP contribution in [0.25, 0.3) is 10.9 Å². The summed E-state index contributed by atoms with van der Waals surface area (Å²) >= 11 is 0. The summed E-state index contributed by atoms with van der Waals surface area (Å²) in [6, 6.07) is 4.05. The van der Waals surface area contributed by atoms with Gasteiger partial charge in [0, 0.05) is 69.5 Å². The van der Waals surface area contributed by atoms with Crippen LogP contribution in [0.1, 0.15) is 28.4 Å². The van der Waals surface area contributed by atoms with Gasteiger partial charge in [0.2, 0.25) is 0 Å². The van der Waals surface area contributed by atoms with Gasteiger partial charge < -0.3 is 20.1 Å². The van der Waals surface area contributed by atoms with Crippen molar-refractivity contribution in [2.75, 3.05) is 31.1 Å². The SMILES string of the molecule is Cc1nnc2n1CC(NC(=O)c1ccc(N3CCNCC3)c3cn(C)nc13)CC2. The van der Waals surface area contributed by atoms with Gasteiger partial charge in [-0.05, 0) is 25.5 Å². The summed E-state index contributed by atoms with van der Waals surface area (Å²) in [6.45, 7) is 6.51. The second-order valence-electron chi connectivity index (χ2n) is 7.92. The molecule has 152 valence electrons. The second kappa shape index (κ2) is 7.14. The van der Waals surface area contributed by atoms with Crippen LogP contribution in [0.4, 0.5) is 5.69 Å². The van der Waals surface area contributed by atoms with Gasteiger partial charge >= 0.3 is 0 Å². The van der Waals surface area contributed by atoms with Gasteiger partial charge in [0.1, 0.15) is 17.2 Å². The third-order valence-electron chi connectivity index (χ3n) is 5.94. The maximum Gasteiger partial charge on any atom is 0.253 e. The lowest BCUT2D eigenvalue weighted by molar-refractivity contribution is 0.0929. The standard InChI is InChI=1S/C20H26N8O/c1-13-23-24-18-6-3-14(11-28(13)18)22-20(29)15-4-5-17(27-9-7-21-8-10-27)16-12-26(2)25-19(15)16/h4-5,12,14,21H,3,6-11H2,1-2H3,(H,22,29). The number of nitrogens with zero attached hydrogens (tertiary/aromatic N) is 6. The van der Waals surface area contributed by atoms with E-state index in [0.29, 0.717) is 12.1 Å². The van der Waals surface area contributed by atoms with E-state index in [4.69, 9.17) is 0 Å². The minimum Gasteiger partial charge on any atom is -0.368 e. The fourth-order valence-electron chi connectivity index (χ4n) is 4.41. The molecule has 9 nitrogen and oxygen atoms in total. The largest absolute Gasteiger partial charge is 0.368 e. The molecule has 0 bridgehead atoms. The van der Waals surface area contributed by atoms with E-state index in [-0.39, 0.29) is 11.9 Å². The predicted molar refractivity (Wildman–Crippen MR) is 110 cm³/mol. The Kier molecular flexibility index (Phi) is 4.46. The van der Waals surface area contributed by atoms with Crippen LogP contribution in [0.3, 0.4) is 0 Å². The quantitative estimate of drug-likeness (QED) is 0.677. The van der Waals surface area contributed by atoms with Crippen LogP contribution in [-0.4, -0.2) is 62.7 Å². The summed E-state index contributed by atoms with van der Waals surface area (Å²) in [5.74, 6) is 1.83. The highest BCUT2D eigenvalue weighted by atomic mass is 16.1. The fourth-order valence-corrected chi connectivity index (χ4v) is 4.41. The number of carbonyl (C=O) groups excluding carboxylic acids is 1. The van der Waals surface area contributed by atoms with E-state index in [0.717, 1.165) is 67.3 Å². The van der Waals surface area contributed by atoms with Crippen molar-refractivity contribution in [3.05, 3.63) is 35.5 Å². The molecule has 1 fully saturated rings. The maximum absolute atomic E-state index is 13.1. The number of piperazine rings is 1. The van der Waals surface area contributed by atoms with Crippen LogP contribution >= 0.6 is 0 Å². The Morgan fingerprint density at radius 3 is 2.90 bits per heavy atom. The van der Waals surface area contributed by atoms with Crippen molar-refractivity contribution in [1.82, 2.24) is 35.2 Å². The molecule has 5 rings (SSSR count). The van der Waals surface area contributed by atoms with E-state index in [9.17, 15) is 4.79 Å². The minimum absolute atomic E-state index is 0.0660. The van der Waals surface area contributed by atoms with Gasteiger partial charge in [-0.25, -0.2) is 0 Å². The van der Waals surface area contributed by atoms with Gasteiger partial charge in [-0.2, -0.15) is 5.10 Å². The molecular formula is C20H26N8O. The third kappa shape index (κ3) is 3.25. The summed E-state index contributed by atoms with van der Waals surface area (Å²) < 4.78 is 3.89. The third-order valence-corrected chi connectivity index (χ3v) is 5.94. The molecule has 2 aliphatic heterocycles. The van der Waals surface area contributed by atoms with Crippen molar-refractivity contribution >= 4 is 22.5 Å². The lowest BCUT2D eigenvalue weighted by atomic mass is 10.0. The summed E-state index contributed by atoms with van der Waals surface area (Å²) in [7, 11) is 1.90. The topological polar surface area (TPSA) is 92.9 Å². The molecule has 1 aromatic carbocycles. The number of carbonyl (C=O) groups is 1. The molecule has 1 unspecified atom stereocenters. The molecule has 0 saturated carbocycles. The summed E-state index contributed by atoms with van der Waals surface area (Å²) in [6.07, 6.45) is 3.71. The number of hydrogen-bond acceptors (Lipinski definition) is 6. The number of nitrogens with one attached hydrogen (secondary N) is 2. The van der Waals surface area contributed by atoms with Gasteiger partial charge in [-0.3, -0.25) is 9.48 Å². The molecule has 9 heteroatoms. The predicted octanol–water partition coefficient (Wildman–Crippen LogP) is 0.628. The van der Waals surface area contributed by atoms with E-state index in [1.54, 1.807) is 4.68 Å². The first-order valence-corrected chi connectivity index (χ1v) is 10.2. The monoisotopic (exact) mass is 394 g/mol. The number of benzene rings is 1. The Labute approximate surface area is 169 Å². The highest BCUT2D eigenvalue weighted by Crippen LogP contribution is 2.29. The number of hydrogen-bond donors (Lipinski definition) is 2. The van der Waals surface area contributed by atoms with Crippen molar-refractivity contribution < 1.29 is 4.79 Å². The first-order chi connectivity index (χ1) is 14.1. The number of anilines is 1. The van der Waals surface area contributed by atoms with Gasteiger partial charge in [0.15, 0.2) is 0 Å². The Hall–Kier alpha value is -2.94. The van der Waals surface area contributed by atoms with Crippen LogP contribution < -0.4 is 15.5 Å². The van der Waals surface area contributed by atoms with E-state index >= 15 is 0 Å². The molecule has 2 N–H and O–H groups in total. The highest BCUT2D eigenvalue weighted by Gasteiger charge is 2.25. The van der Waals surface area contributed by atoms with Crippen LogP contribution in [0.5, 0.6) is 0 Å². The molecule has 2 aliphatic rings. The van der Waals surface area contributed by atoms with E-state index < -0.39 is 0 Å². The number of fused-ring (bicyclic) bond motifs is 2. The Bertz CT molecular complexity index is 1060. The maximum atomic E-state index is 13.1. The van der Waals surface area contributed by atoms with Crippen molar-refractivity contribution in [1.29, 1.82) is 0 Å². The average Bonchev–Trinajstić information content (AvgIpc) is 3.30. The van der Waals surface area contributed by atoms with Crippen LogP contribution in [0, 0.1) is 6.92 Å². The lowest BCUT2D eigenvalue weighted by Gasteiger charge is -2.30. The molecule has 1 atom stereocenters. The van der Waals surface area contributed by atoms with Crippen molar-refractivity contribution in [2.45, 2.75) is 32.4 Å². The molecule has 3 aromatic rings. The van der Waals surface area contributed by atoms with Gasteiger partial charge in [0.05, 0.1) is 5.56 Å². The summed E-state index contributed by atoms with van der Waals surface area (Å²) in [5.41, 5.74) is 2.54. The Morgan fingerprint density at radius 2 is 2.07 bits per heavy atom. The fraction of sp³-hybridized carbons (Fsp3) is 0.500. The zero-order chi connectivity index (χ0) is 20.0. The molecule has 2 aromatic heterocycles. The van der Waals surface area contributed by atoms with E-state index in [1.807, 2.05) is 26.2 Å². The van der Waals surface area contributed by atoms with Crippen molar-refractivity contribution in [3.63, 3.8) is 0 Å². The van der Waals surface area contributed by atoms with Gasteiger partial charge in [-0.15, -0.1) is 10.2 Å². The lowest BCUT2D eigenvalue weighted by Crippen LogP contribution is -2.43. The molecule has 0 aliphatic carbocycles. The molecule has 4 heterocycles. The number of rotatable bonds is 3. The van der Waals surface area contributed by atoms with Crippen LogP contribution in [0.15, 0.2) is 18.3 Å². The number of aryl methyl sites for hydroxylation is 3. The molecular weight excluding hydrogens is 368 g/mol. The molecule has 1 amide bonds. The normalized spacial score (nSPS) is 19.4. The smallest absolute Gasteiger partial charge is 0.253 e. The summed E-state index contributed by atoms with van der Waals surface area (Å²) in [5, 5.41) is 20.6. The van der Waals surface area contributed by atoms with Crippen molar-refractivity contribution in [3.8, 4) is 0 Å². The number of amides is 1. The van der Waals surface area contributed by atoms with Gasteiger partial charge in [0.25, 0.3) is 5.91 Å². The van der Waals surface area contributed by atoms with Crippen LogP contribution in [0.2, 0.25) is 0 Å². The zero-order valence-electron chi connectivity index (χ0n) is 16.9. The Balaban J connectivity index is 1.41. The molecule has 29 heavy (non-hydrogen) atoms. The first kappa shape index (κ1) is 18.1. The average molecular weight is 394 g/mol. The zero-order valence-corrected chi connectivity index (χ0v) is 16.9. The minimum atomic E-state index is -0.0697. The van der Waals surface area contributed by atoms with Gasteiger partial charge in [-0.1, -0.05) is 0 Å². The highest BCUT2D eigenvalue weighted by molar-refractivity contribution is 6.08. The number of aromatic nitrogens is 5. The Morgan fingerprint density at radius 1 is 1.24 bits per heavy atom.